The molecule has 2 heteroatoms. The molecule has 0 saturated carbocycles. The number of nitrogens with zero attached hydrogens (tertiary/aromatic N) is 1. The lowest BCUT2D eigenvalue weighted by molar-refractivity contribution is 0.415. The first kappa shape index (κ1) is 9.64. The number of pyridine rings is 1. The molecule has 82 valence electrons. The number of methoxy groups -OCH3 is 1. The zero-order valence-corrected chi connectivity index (χ0v) is 9.49. The average Bonchev–Trinajstić information content (AvgIpc) is 2.38. The molecule has 0 bridgehead atoms. The van der Waals surface area contributed by atoms with Crippen molar-refractivity contribution in [3.05, 3.63) is 35.5 Å². The van der Waals surface area contributed by atoms with Crippen LogP contribution in [0.4, 0.5) is 0 Å². The van der Waals surface area contributed by atoms with Gasteiger partial charge in [-0.05, 0) is 48.9 Å². The molecule has 1 aliphatic carbocycles. The van der Waals surface area contributed by atoms with Gasteiger partial charge >= 0.3 is 0 Å². The second kappa shape index (κ2) is 3.78. The van der Waals surface area contributed by atoms with Gasteiger partial charge in [0.25, 0.3) is 0 Å². The molecule has 0 atom stereocenters. The van der Waals surface area contributed by atoms with E-state index in [1.54, 1.807) is 7.11 Å². The highest BCUT2D eigenvalue weighted by Crippen LogP contribution is 2.29. The molecule has 0 saturated heterocycles. The van der Waals surface area contributed by atoms with E-state index in [1.807, 2.05) is 18.3 Å². The Morgan fingerprint density at radius 1 is 1.19 bits per heavy atom. The number of aromatic nitrogens is 1. The van der Waals surface area contributed by atoms with Gasteiger partial charge in [-0.25, -0.2) is 0 Å². The fourth-order valence-electron chi connectivity index (χ4n) is 2.53. The largest absolute Gasteiger partial charge is 0.497 e. The van der Waals surface area contributed by atoms with E-state index < -0.39 is 0 Å². The summed E-state index contributed by atoms with van der Waals surface area (Å²) in [4.78, 5) is 4.52. The molecule has 0 amide bonds. The van der Waals surface area contributed by atoms with E-state index >= 15 is 0 Å². The maximum absolute atomic E-state index is 5.23. The molecule has 16 heavy (non-hydrogen) atoms. The maximum atomic E-state index is 5.23. The van der Waals surface area contributed by atoms with Crippen LogP contribution in [0.2, 0.25) is 0 Å². The highest BCUT2D eigenvalue weighted by molar-refractivity contribution is 5.84. The Hall–Kier alpha value is -1.57. The molecule has 1 aromatic heterocycles. The Morgan fingerprint density at radius 2 is 2.06 bits per heavy atom. The van der Waals surface area contributed by atoms with Gasteiger partial charge in [0.1, 0.15) is 5.75 Å². The number of hydrogen-bond acceptors (Lipinski definition) is 2. The normalized spacial score (nSPS) is 14.8. The van der Waals surface area contributed by atoms with Gasteiger partial charge in [0.15, 0.2) is 0 Å². The van der Waals surface area contributed by atoms with E-state index in [-0.39, 0.29) is 0 Å². The fraction of sp³-hybridized carbons (Fsp3) is 0.357. The summed E-state index contributed by atoms with van der Waals surface area (Å²) in [5.74, 6) is 0.885. The highest BCUT2D eigenvalue weighted by atomic mass is 16.5. The first-order valence-electron chi connectivity index (χ1n) is 5.83. The minimum Gasteiger partial charge on any atom is -0.497 e. The van der Waals surface area contributed by atoms with Gasteiger partial charge in [0.05, 0.1) is 12.6 Å². The van der Waals surface area contributed by atoms with Crippen molar-refractivity contribution in [3.63, 3.8) is 0 Å². The Morgan fingerprint density at radius 3 is 2.94 bits per heavy atom. The van der Waals surface area contributed by atoms with Gasteiger partial charge in [-0.15, -0.1) is 0 Å². The minimum absolute atomic E-state index is 0.885. The van der Waals surface area contributed by atoms with Crippen LogP contribution in [-0.4, -0.2) is 12.1 Å². The summed E-state index contributed by atoms with van der Waals surface area (Å²) in [5, 5.41) is 1.30. The van der Waals surface area contributed by atoms with Gasteiger partial charge in [0, 0.05) is 17.6 Å². The molecule has 2 nitrogen and oxygen atoms in total. The van der Waals surface area contributed by atoms with Crippen LogP contribution >= 0.6 is 0 Å². The first-order chi connectivity index (χ1) is 7.88. The van der Waals surface area contributed by atoms with Crippen LogP contribution in [0.25, 0.3) is 10.9 Å². The molecule has 2 aromatic rings. The van der Waals surface area contributed by atoms with Gasteiger partial charge in [-0.3, -0.25) is 4.98 Å². The van der Waals surface area contributed by atoms with Crippen LogP contribution in [0.5, 0.6) is 5.75 Å². The summed E-state index contributed by atoms with van der Waals surface area (Å²) in [6.07, 6.45) is 7.02. The van der Waals surface area contributed by atoms with Crippen molar-refractivity contribution in [3.8, 4) is 5.75 Å². The highest BCUT2D eigenvalue weighted by Gasteiger charge is 2.13. The van der Waals surface area contributed by atoms with Gasteiger partial charge in [-0.2, -0.15) is 0 Å². The topological polar surface area (TPSA) is 22.1 Å². The fourth-order valence-corrected chi connectivity index (χ4v) is 2.53. The molecule has 0 unspecified atom stereocenters. The van der Waals surface area contributed by atoms with Crippen LogP contribution < -0.4 is 4.74 Å². The number of benzene rings is 1. The third-order valence-electron chi connectivity index (χ3n) is 3.40. The van der Waals surface area contributed by atoms with E-state index in [4.69, 9.17) is 4.74 Å². The number of ether oxygens (including phenoxy) is 1. The lowest BCUT2D eigenvalue weighted by Crippen LogP contribution is -2.04. The second-order valence-electron chi connectivity index (χ2n) is 4.35. The Balaban J connectivity index is 2.24. The van der Waals surface area contributed by atoms with Crippen molar-refractivity contribution in [1.29, 1.82) is 0 Å². The first-order valence-corrected chi connectivity index (χ1v) is 5.83. The number of fused-ring (bicyclic) bond motifs is 3. The molecular formula is C14H15NO. The van der Waals surface area contributed by atoms with E-state index in [0.717, 1.165) is 11.3 Å². The zero-order chi connectivity index (χ0) is 11.0. The van der Waals surface area contributed by atoms with Crippen molar-refractivity contribution in [2.24, 2.45) is 0 Å². The van der Waals surface area contributed by atoms with Crippen LogP contribution in [0, 0.1) is 0 Å². The molecule has 3 rings (SSSR count). The maximum Gasteiger partial charge on any atom is 0.121 e. The van der Waals surface area contributed by atoms with Crippen LogP contribution in [0.15, 0.2) is 24.4 Å². The molecule has 0 radical (unpaired) electrons. The molecule has 1 aromatic carbocycles. The molecule has 1 aliphatic rings. The number of aryl methyl sites for hydroxylation is 2. The second-order valence-corrected chi connectivity index (χ2v) is 4.35. The van der Waals surface area contributed by atoms with E-state index in [0.29, 0.717) is 0 Å². The summed E-state index contributed by atoms with van der Waals surface area (Å²) in [7, 11) is 1.69. The lowest BCUT2D eigenvalue weighted by Gasteiger charge is -2.17. The molecule has 0 aliphatic heterocycles. The van der Waals surface area contributed by atoms with Gasteiger partial charge < -0.3 is 4.74 Å². The summed E-state index contributed by atoms with van der Waals surface area (Å²) in [6.45, 7) is 0. The van der Waals surface area contributed by atoms with Crippen LogP contribution in [0.1, 0.15) is 24.0 Å². The minimum atomic E-state index is 0.885. The van der Waals surface area contributed by atoms with Gasteiger partial charge in [-0.1, -0.05) is 0 Å². The standard InChI is InChI=1S/C14H15NO/c1-16-11-6-7-13-12-5-3-2-4-10(12)9-15-14(13)8-11/h6-9H,2-5H2,1H3. The third-order valence-corrected chi connectivity index (χ3v) is 3.40. The SMILES string of the molecule is COc1ccc2c3c(cnc2c1)CCCC3. The summed E-state index contributed by atoms with van der Waals surface area (Å²) in [6, 6.07) is 6.19. The smallest absolute Gasteiger partial charge is 0.121 e. The van der Waals surface area contributed by atoms with E-state index in [2.05, 4.69) is 11.1 Å². The molecule has 1 heterocycles. The van der Waals surface area contributed by atoms with Crippen molar-refractivity contribution in [2.45, 2.75) is 25.7 Å². The Kier molecular flexibility index (Phi) is 2.28. The van der Waals surface area contributed by atoms with Crippen molar-refractivity contribution >= 4 is 10.9 Å². The number of hydrogen-bond donors (Lipinski definition) is 0. The number of rotatable bonds is 1. The quantitative estimate of drug-likeness (QED) is 0.726. The monoisotopic (exact) mass is 213 g/mol. The molecule has 0 fully saturated rings. The summed E-state index contributed by atoms with van der Waals surface area (Å²) >= 11 is 0. The Bertz CT molecular complexity index is 533. The predicted octanol–water partition coefficient (Wildman–Crippen LogP) is 3.12. The van der Waals surface area contributed by atoms with Crippen molar-refractivity contribution < 1.29 is 4.74 Å². The Labute approximate surface area is 95.3 Å². The summed E-state index contributed by atoms with van der Waals surface area (Å²) < 4.78 is 5.23. The third kappa shape index (κ3) is 1.45. The average molecular weight is 213 g/mol. The molecular weight excluding hydrogens is 198 g/mol. The lowest BCUT2D eigenvalue weighted by atomic mass is 9.90. The van der Waals surface area contributed by atoms with Crippen LogP contribution in [-0.2, 0) is 12.8 Å². The van der Waals surface area contributed by atoms with Crippen LogP contribution in [0.3, 0.4) is 0 Å². The molecule has 0 N–H and O–H groups in total. The summed E-state index contributed by atoms with van der Waals surface area (Å²) in [5.41, 5.74) is 3.99. The van der Waals surface area contributed by atoms with E-state index in [9.17, 15) is 0 Å². The van der Waals surface area contributed by atoms with E-state index in [1.165, 1.54) is 42.2 Å². The van der Waals surface area contributed by atoms with Crippen molar-refractivity contribution in [1.82, 2.24) is 4.98 Å². The zero-order valence-electron chi connectivity index (χ0n) is 9.49. The molecule has 0 spiro atoms. The van der Waals surface area contributed by atoms with Crippen molar-refractivity contribution in [2.75, 3.05) is 7.11 Å². The predicted molar refractivity (Wildman–Crippen MR) is 64.9 cm³/mol. The van der Waals surface area contributed by atoms with Gasteiger partial charge in [0.2, 0.25) is 0 Å².